The number of nitrogens with zero attached hydrogens (tertiary/aromatic N) is 5. The monoisotopic (exact) mass is 335 g/mol. The molecule has 0 N–H and O–H groups in total. The van der Waals surface area contributed by atoms with E-state index in [4.69, 9.17) is 10.00 Å². The van der Waals surface area contributed by atoms with E-state index >= 15 is 0 Å². The van der Waals surface area contributed by atoms with Crippen LogP contribution >= 0.6 is 15.9 Å². The van der Waals surface area contributed by atoms with Gasteiger partial charge >= 0.3 is 0 Å². The number of aromatic nitrogens is 4. The van der Waals surface area contributed by atoms with Crippen LogP contribution in [0.25, 0.3) is 0 Å². The lowest BCUT2D eigenvalue weighted by Crippen LogP contribution is -2.27. The van der Waals surface area contributed by atoms with Gasteiger partial charge in [0.25, 0.3) is 0 Å². The van der Waals surface area contributed by atoms with Crippen LogP contribution in [0.5, 0.6) is 0 Å². The molecule has 0 aliphatic carbocycles. The van der Waals surface area contributed by atoms with Crippen LogP contribution in [0.4, 0.5) is 0 Å². The number of hydrogen-bond donors (Lipinski definition) is 0. The van der Waals surface area contributed by atoms with Crippen LogP contribution in [0, 0.1) is 18.3 Å². The molecule has 7 heteroatoms. The lowest BCUT2D eigenvalue weighted by Gasteiger charge is -2.23. The van der Waals surface area contributed by atoms with Crippen LogP contribution in [-0.2, 0) is 4.74 Å². The third kappa shape index (κ3) is 3.40. The van der Waals surface area contributed by atoms with E-state index in [0.717, 1.165) is 11.4 Å². The van der Waals surface area contributed by atoms with Crippen molar-refractivity contribution in [2.24, 2.45) is 0 Å². The van der Waals surface area contributed by atoms with Crippen LogP contribution in [-0.4, -0.2) is 38.2 Å². The maximum atomic E-state index is 8.54. The van der Waals surface area contributed by atoms with Crippen molar-refractivity contribution >= 4 is 15.9 Å². The molecule has 1 aromatic heterocycles. The molecular formula is C13H14BrN5O. The number of tetrazole rings is 1. The molecule has 20 heavy (non-hydrogen) atoms. The fourth-order valence-corrected chi connectivity index (χ4v) is 2.67. The minimum absolute atomic E-state index is 0.0413. The fourth-order valence-electron chi connectivity index (χ4n) is 1.96. The van der Waals surface area contributed by atoms with E-state index in [1.54, 1.807) is 4.68 Å². The van der Waals surface area contributed by atoms with Gasteiger partial charge in [-0.2, -0.15) is 5.26 Å². The Bertz CT molecular complexity index is 580. The largest absolute Gasteiger partial charge is 0.365 e. The second kappa shape index (κ2) is 7.12. The van der Waals surface area contributed by atoms with E-state index in [9.17, 15) is 0 Å². The first kappa shape index (κ1) is 14.6. The Morgan fingerprint density at radius 3 is 2.75 bits per heavy atom. The smallest absolute Gasteiger partial charge is 0.148 e. The zero-order chi connectivity index (χ0) is 14.4. The Morgan fingerprint density at radius 1 is 1.40 bits per heavy atom. The molecule has 104 valence electrons. The van der Waals surface area contributed by atoms with Crippen molar-refractivity contribution in [2.75, 3.05) is 13.2 Å². The molecule has 0 saturated carbocycles. The standard InChI is InChI=1S/C13H14BrN5O/c1-10-16-17-18-19(10)13(11-5-3-2-4-6-11)12(14)9-20-8-7-15/h2-6,12-13H,8-9H2,1H3/t12-,13-/m0/s1. The summed E-state index contributed by atoms with van der Waals surface area (Å²) in [6, 6.07) is 11.8. The summed E-state index contributed by atoms with van der Waals surface area (Å²) in [5.74, 6) is 0.726. The number of halogens is 1. The van der Waals surface area contributed by atoms with Crippen molar-refractivity contribution in [3.8, 4) is 6.07 Å². The molecular weight excluding hydrogens is 322 g/mol. The van der Waals surface area contributed by atoms with Gasteiger partial charge in [0, 0.05) is 0 Å². The highest BCUT2D eigenvalue weighted by molar-refractivity contribution is 9.09. The summed E-state index contributed by atoms with van der Waals surface area (Å²) in [5, 5.41) is 20.2. The van der Waals surface area contributed by atoms with Gasteiger partial charge in [-0.1, -0.05) is 46.3 Å². The maximum absolute atomic E-state index is 8.54. The average Bonchev–Trinajstić information content (AvgIpc) is 2.87. The maximum Gasteiger partial charge on any atom is 0.148 e. The molecule has 0 saturated heterocycles. The molecule has 0 radical (unpaired) electrons. The van der Waals surface area contributed by atoms with Crippen molar-refractivity contribution in [3.05, 3.63) is 41.7 Å². The van der Waals surface area contributed by atoms with Crippen LogP contribution in [0.15, 0.2) is 30.3 Å². The predicted molar refractivity (Wildman–Crippen MR) is 76.3 cm³/mol. The minimum atomic E-state index is -0.0927. The second-order valence-corrected chi connectivity index (χ2v) is 5.39. The first-order valence-corrected chi connectivity index (χ1v) is 7.03. The number of hydrogen-bond acceptors (Lipinski definition) is 5. The second-order valence-electron chi connectivity index (χ2n) is 4.22. The Kier molecular flexibility index (Phi) is 5.21. The first-order chi connectivity index (χ1) is 9.74. The summed E-state index contributed by atoms with van der Waals surface area (Å²) < 4.78 is 7.05. The Hall–Kier alpha value is -1.78. The molecule has 0 aliphatic rings. The number of benzene rings is 1. The van der Waals surface area contributed by atoms with Gasteiger partial charge < -0.3 is 4.74 Å². The van der Waals surface area contributed by atoms with Crippen molar-refractivity contribution in [3.63, 3.8) is 0 Å². The highest BCUT2D eigenvalue weighted by Crippen LogP contribution is 2.27. The highest BCUT2D eigenvalue weighted by Gasteiger charge is 2.25. The summed E-state index contributed by atoms with van der Waals surface area (Å²) in [4.78, 5) is -0.0413. The molecule has 2 aromatic rings. The topological polar surface area (TPSA) is 76.6 Å². The first-order valence-electron chi connectivity index (χ1n) is 6.12. The van der Waals surface area contributed by atoms with Crippen molar-refractivity contribution in [1.82, 2.24) is 20.2 Å². The van der Waals surface area contributed by atoms with Crippen LogP contribution in [0.1, 0.15) is 17.4 Å². The SMILES string of the molecule is Cc1nnnn1[C@@H](c1ccccc1)[C@@H](Br)COCC#N. The van der Waals surface area contributed by atoms with Gasteiger partial charge in [-0.3, -0.25) is 0 Å². The number of ether oxygens (including phenoxy) is 1. The lowest BCUT2D eigenvalue weighted by atomic mass is 10.0. The van der Waals surface area contributed by atoms with Gasteiger partial charge in [0.1, 0.15) is 12.4 Å². The molecule has 2 atom stereocenters. The Morgan fingerprint density at radius 2 is 2.15 bits per heavy atom. The fraction of sp³-hybridized carbons (Fsp3) is 0.385. The normalized spacial score (nSPS) is 13.7. The average molecular weight is 336 g/mol. The molecule has 0 fully saturated rings. The summed E-state index contributed by atoms with van der Waals surface area (Å²) in [6.07, 6.45) is 0. The van der Waals surface area contributed by atoms with E-state index in [2.05, 4.69) is 31.5 Å². The Labute approximate surface area is 125 Å². The van der Waals surface area contributed by atoms with Crippen molar-refractivity contribution < 1.29 is 4.74 Å². The lowest BCUT2D eigenvalue weighted by molar-refractivity contribution is 0.158. The van der Waals surface area contributed by atoms with Crippen molar-refractivity contribution in [1.29, 1.82) is 5.26 Å². The molecule has 0 aliphatic heterocycles. The zero-order valence-electron chi connectivity index (χ0n) is 11.0. The summed E-state index contributed by atoms with van der Waals surface area (Å²) in [7, 11) is 0. The molecule has 1 heterocycles. The minimum Gasteiger partial charge on any atom is -0.365 e. The van der Waals surface area contributed by atoms with Gasteiger partial charge in [0.15, 0.2) is 0 Å². The quantitative estimate of drug-likeness (QED) is 0.595. The molecule has 0 unspecified atom stereocenters. The summed E-state index contributed by atoms with van der Waals surface area (Å²) >= 11 is 3.62. The third-order valence-corrected chi connectivity index (χ3v) is 3.61. The van der Waals surface area contributed by atoms with E-state index in [1.807, 2.05) is 43.3 Å². The number of nitriles is 1. The summed E-state index contributed by atoms with van der Waals surface area (Å²) in [5.41, 5.74) is 1.07. The molecule has 2 rings (SSSR count). The number of aryl methyl sites for hydroxylation is 1. The highest BCUT2D eigenvalue weighted by atomic mass is 79.9. The van der Waals surface area contributed by atoms with E-state index in [-0.39, 0.29) is 17.5 Å². The van der Waals surface area contributed by atoms with Gasteiger partial charge in [0.05, 0.1) is 23.5 Å². The molecule has 0 amide bonds. The molecule has 1 aromatic carbocycles. The van der Waals surface area contributed by atoms with Gasteiger partial charge in [-0.15, -0.1) is 5.10 Å². The molecule has 0 spiro atoms. The molecule has 6 nitrogen and oxygen atoms in total. The molecule has 0 bridgehead atoms. The van der Waals surface area contributed by atoms with Gasteiger partial charge in [-0.05, 0) is 22.9 Å². The van der Waals surface area contributed by atoms with E-state index in [0.29, 0.717) is 6.61 Å². The van der Waals surface area contributed by atoms with Crippen LogP contribution in [0.2, 0.25) is 0 Å². The predicted octanol–water partition coefficient (Wildman–Crippen LogP) is 1.87. The van der Waals surface area contributed by atoms with Crippen molar-refractivity contribution in [2.45, 2.75) is 17.8 Å². The van der Waals surface area contributed by atoms with Crippen LogP contribution in [0.3, 0.4) is 0 Å². The van der Waals surface area contributed by atoms with Gasteiger partial charge in [0.2, 0.25) is 0 Å². The van der Waals surface area contributed by atoms with Crippen LogP contribution < -0.4 is 0 Å². The number of rotatable bonds is 6. The van der Waals surface area contributed by atoms with Gasteiger partial charge in [-0.25, -0.2) is 4.68 Å². The van der Waals surface area contributed by atoms with E-state index < -0.39 is 0 Å². The van der Waals surface area contributed by atoms with E-state index in [1.165, 1.54) is 0 Å². The zero-order valence-corrected chi connectivity index (χ0v) is 12.6. The third-order valence-electron chi connectivity index (χ3n) is 2.85. The Balaban J connectivity index is 2.26. The summed E-state index contributed by atoms with van der Waals surface area (Å²) in [6.45, 7) is 2.32. The number of alkyl halides is 1.